The van der Waals surface area contributed by atoms with E-state index in [4.69, 9.17) is 0 Å². The molecule has 0 spiro atoms. The van der Waals surface area contributed by atoms with Crippen LogP contribution in [-0.4, -0.2) is 9.78 Å². The van der Waals surface area contributed by atoms with Gasteiger partial charge in [0, 0.05) is 5.56 Å². The van der Waals surface area contributed by atoms with E-state index >= 15 is 0 Å². The van der Waals surface area contributed by atoms with Gasteiger partial charge < -0.3 is 0 Å². The number of aromatic nitrogens is 2. The fourth-order valence-electron chi connectivity index (χ4n) is 2.79. The molecule has 3 rings (SSSR count). The Morgan fingerprint density at radius 2 is 1.59 bits per heavy atom. The first-order valence-electron chi connectivity index (χ1n) is 7.56. The van der Waals surface area contributed by atoms with Crippen molar-refractivity contribution in [2.24, 2.45) is 0 Å². The zero-order valence-corrected chi connectivity index (χ0v) is 13.1. The smallest absolute Gasteiger partial charge is 0.275 e. The SMILES string of the molecule is Cc1ccccc1-n1[nH]c(-c2ccccc2)c(C(C)C)c1=O. The lowest BCUT2D eigenvalue weighted by molar-refractivity contribution is 0.821. The summed E-state index contributed by atoms with van der Waals surface area (Å²) in [5.41, 5.74) is 4.77. The average Bonchev–Trinajstić information content (AvgIpc) is 2.86. The molecule has 3 aromatic rings. The maximum atomic E-state index is 12.9. The van der Waals surface area contributed by atoms with Gasteiger partial charge in [-0.3, -0.25) is 9.89 Å². The molecule has 0 radical (unpaired) electrons. The number of benzene rings is 2. The van der Waals surface area contributed by atoms with E-state index < -0.39 is 0 Å². The molecule has 0 aliphatic rings. The molecular weight excluding hydrogens is 272 g/mol. The molecule has 3 nitrogen and oxygen atoms in total. The first kappa shape index (κ1) is 14.4. The van der Waals surface area contributed by atoms with Gasteiger partial charge in [0.15, 0.2) is 0 Å². The van der Waals surface area contributed by atoms with Crippen LogP contribution in [0.4, 0.5) is 0 Å². The summed E-state index contributed by atoms with van der Waals surface area (Å²) in [6, 6.07) is 17.9. The van der Waals surface area contributed by atoms with Gasteiger partial charge in [-0.05, 0) is 30.0 Å². The first-order chi connectivity index (χ1) is 10.6. The highest BCUT2D eigenvalue weighted by molar-refractivity contribution is 5.64. The molecule has 22 heavy (non-hydrogen) atoms. The van der Waals surface area contributed by atoms with Gasteiger partial charge in [-0.15, -0.1) is 0 Å². The maximum Gasteiger partial charge on any atom is 0.275 e. The molecule has 1 N–H and O–H groups in total. The fraction of sp³-hybridized carbons (Fsp3) is 0.211. The van der Waals surface area contributed by atoms with E-state index in [1.165, 1.54) is 0 Å². The molecule has 0 bridgehead atoms. The number of aromatic amines is 1. The molecule has 0 aliphatic heterocycles. The van der Waals surface area contributed by atoms with Crippen LogP contribution in [0, 0.1) is 6.92 Å². The molecule has 112 valence electrons. The van der Waals surface area contributed by atoms with E-state index in [0.29, 0.717) is 0 Å². The van der Waals surface area contributed by atoms with Crippen molar-refractivity contribution in [1.82, 2.24) is 9.78 Å². The van der Waals surface area contributed by atoms with Gasteiger partial charge >= 0.3 is 0 Å². The molecule has 0 amide bonds. The predicted octanol–water partition coefficient (Wildman–Crippen LogP) is 4.26. The van der Waals surface area contributed by atoms with Crippen LogP contribution in [0.2, 0.25) is 0 Å². The Hall–Kier alpha value is -2.55. The number of aryl methyl sites for hydroxylation is 1. The van der Waals surface area contributed by atoms with E-state index in [1.54, 1.807) is 4.68 Å². The largest absolute Gasteiger partial charge is 0.290 e. The van der Waals surface area contributed by atoms with Gasteiger partial charge in [-0.25, -0.2) is 4.68 Å². The third-order valence-electron chi connectivity index (χ3n) is 3.92. The maximum absolute atomic E-state index is 12.9. The summed E-state index contributed by atoms with van der Waals surface area (Å²) in [4.78, 5) is 12.9. The molecule has 2 aromatic carbocycles. The van der Waals surface area contributed by atoms with Crippen molar-refractivity contribution >= 4 is 0 Å². The molecule has 0 atom stereocenters. The number of hydrogen-bond acceptors (Lipinski definition) is 1. The van der Waals surface area contributed by atoms with Crippen LogP contribution in [0.15, 0.2) is 59.4 Å². The van der Waals surface area contributed by atoms with Crippen LogP contribution in [0.25, 0.3) is 16.9 Å². The van der Waals surface area contributed by atoms with Gasteiger partial charge in [0.2, 0.25) is 0 Å². The second-order valence-electron chi connectivity index (χ2n) is 5.85. The lowest BCUT2D eigenvalue weighted by Crippen LogP contribution is -2.18. The molecule has 0 aliphatic carbocycles. The number of nitrogens with one attached hydrogen (secondary N) is 1. The summed E-state index contributed by atoms with van der Waals surface area (Å²) in [6.07, 6.45) is 0. The van der Waals surface area contributed by atoms with Crippen molar-refractivity contribution in [3.63, 3.8) is 0 Å². The summed E-state index contributed by atoms with van der Waals surface area (Å²) in [5, 5.41) is 3.31. The lowest BCUT2D eigenvalue weighted by atomic mass is 9.99. The quantitative estimate of drug-likeness (QED) is 0.769. The Labute approximate surface area is 130 Å². The highest BCUT2D eigenvalue weighted by Crippen LogP contribution is 2.26. The number of hydrogen-bond donors (Lipinski definition) is 1. The Balaban J connectivity index is 2.28. The minimum Gasteiger partial charge on any atom is -0.290 e. The third kappa shape index (κ3) is 2.39. The van der Waals surface area contributed by atoms with E-state index in [1.807, 2.05) is 61.5 Å². The van der Waals surface area contributed by atoms with Crippen LogP contribution < -0.4 is 5.56 Å². The Morgan fingerprint density at radius 1 is 0.955 bits per heavy atom. The Bertz CT molecular complexity index is 841. The zero-order chi connectivity index (χ0) is 15.7. The molecule has 1 aromatic heterocycles. The van der Waals surface area contributed by atoms with Gasteiger partial charge in [-0.1, -0.05) is 62.4 Å². The molecular formula is C19H20N2O. The molecule has 0 fully saturated rings. The van der Waals surface area contributed by atoms with Crippen LogP contribution in [0.3, 0.4) is 0 Å². The van der Waals surface area contributed by atoms with Crippen molar-refractivity contribution in [2.75, 3.05) is 0 Å². The molecule has 0 saturated carbocycles. The Kier molecular flexibility index (Phi) is 3.72. The third-order valence-corrected chi connectivity index (χ3v) is 3.92. The summed E-state index contributed by atoms with van der Waals surface area (Å²) in [6.45, 7) is 6.12. The average molecular weight is 292 g/mol. The van der Waals surface area contributed by atoms with Gasteiger partial charge in [0.25, 0.3) is 5.56 Å². The summed E-state index contributed by atoms with van der Waals surface area (Å²) in [7, 11) is 0. The van der Waals surface area contributed by atoms with Crippen LogP contribution in [0.5, 0.6) is 0 Å². The summed E-state index contributed by atoms with van der Waals surface area (Å²) >= 11 is 0. The minimum absolute atomic E-state index is 0.0307. The number of rotatable bonds is 3. The van der Waals surface area contributed by atoms with Crippen LogP contribution >= 0.6 is 0 Å². The van der Waals surface area contributed by atoms with E-state index in [2.05, 4.69) is 18.9 Å². The number of para-hydroxylation sites is 1. The molecule has 3 heteroatoms. The minimum atomic E-state index is 0.0307. The van der Waals surface area contributed by atoms with E-state index in [9.17, 15) is 4.79 Å². The van der Waals surface area contributed by atoms with Crippen molar-refractivity contribution in [2.45, 2.75) is 26.7 Å². The van der Waals surface area contributed by atoms with Gasteiger partial charge in [0.1, 0.15) is 0 Å². The normalized spacial score (nSPS) is 11.1. The highest BCUT2D eigenvalue weighted by Gasteiger charge is 2.19. The zero-order valence-electron chi connectivity index (χ0n) is 13.1. The molecule has 0 saturated heterocycles. The fourth-order valence-corrected chi connectivity index (χ4v) is 2.79. The van der Waals surface area contributed by atoms with Gasteiger partial charge in [0.05, 0.1) is 11.4 Å². The standard InChI is InChI=1S/C19H20N2O/c1-13(2)17-18(15-10-5-4-6-11-15)20-21(19(17)22)16-12-8-7-9-14(16)3/h4-13,20H,1-3H3. The predicted molar refractivity (Wildman–Crippen MR) is 90.7 cm³/mol. The Morgan fingerprint density at radius 3 is 2.23 bits per heavy atom. The lowest BCUT2D eigenvalue weighted by Gasteiger charge is -2.05. The monoisotopic (exact) mass is 292 g/mol. The molecule has 0 unspecified atom stereocenters. The van der Waals surface area contributed by atoms with Crippen molar-refractivity contribution < 1.29 is 0 Å². The van der Waals surface area contributed by atoms with Crippen LogP contribution in [-0.2, 0) is 0 Å². The van der Waals surface area contributed by atoms with E-state index in [-0.39, 0.29) is 11.5 Å². The summed E-state index contributed by atoms with van der Waals surface area (Å²) < 4.78 is 1.66. The first-order valence-corrected chi connectivity index (χ1v) is 7.56. The number of H-pyrrole nitrogens is 1. The number of nitrogens with zero attached hydrogens (tertiary/aromatic N) is 1. The van der Waals surface area contributed by atoms with Crippen molar-refractivity contribution in [3.05, 3.63) is 76.1 Å². The highest BCUT2D eigenvalue weighted by atomic mass is 16.1. The van der Waals surface area contributed by atoms with E-state index in [0.717, 1.165) is 28.1 Å². The topological polar surface area (TPSA) is 37.8 Å². The second kappa shape index (κ2) is 5.68. The summed E-state index contributed by atoms with van der Waals surface area (Å²) in [5.74, 6) is 0.157. The van der Waals surface area contributed by atoms with Crippen molar-refractivity contribution in [3.8, 4) is 16.9 Å². The van der Waals surface area contributed by atoms with Gasteiger partial charge in [-0.2, -0.15) is 0 Å². The second-order valence-corrected chi connectivity index (χ2v) is 5.85. The van der Waals surface area contributed by atoms with Crippen molar-refractivity contribution in [1.29, 1.82) is 0 Å². The molecule has 1 heterocycles. The van der Waals surface area contributed by atoms with Crippen LogP contribution in [0.1, 0.15) is 30.9 Å².